The molecule has 0 spiro atoms. The predicted molar refractivity (Wildman–Crippen MR) is 118 cm³/mol. The number of benzene rings is 1. The van der Waals surface area contributed by atoms with Gasteiger partial charge in [-0.2, -0.15) is 0 Å². The number of carbonyl (C=O) groups excluding carboxylic acids is 1. The summed E-state index contributed by atoms with van der Waals surface area (Å²) in [6, 6.07) is 7.76. The highest BCUT2D eigenvalue weighted by Gasteiger charge is 2.25. The summed E-state index contributed by atoms with van der Waals surface area (Å²) in [5.41, 5.74) is 1.87. The Labute approximate surface area is 178 Å². The topological polar surface area (TPSA) is 57.8 Å². The molecule has 4 rings (SSSR count). The van der Waals surface area contributed by atoms with Crippen molar-refractivity contribution in [3.63, 3.8) is 0 Å². The van der Waals surface area contributed by atoms with Gasteiger partial charge in [-0.15, -0.1) is 0 Å². The number of rotatable bonds is 3. The fourth-order valence-electron chi connectivity index (χ4n) is 3.05. The lowest BCUT2D eigenvalue weighted by Crippen LogP contribution is -2.19. The smallest absolute Gasteiger partial charge is 0.264 e. The van der Waals surface area contributed by atoms with Crippen molar-refractivity contribution in [1.82, 2.24) is 5.32 Å². The number of hydrogen-bond acceptors (Lipinski definition) is 5. The summed E-state index contributed by atoms with van der Waals surface area (Å²) in [6.07, 6.45) is 4.12. The van der Waals surface area contributed by atoms with E-state index in [2.05, 4.69) is 47.1 Å². The Hall–Kier alpha value is -1.51. The van der Waals surface area contributed by atoms with E-state index in [0.717, 1.165) is 39.2 Å². The Kier molecular flexibility index (Phi) is 5.48. The molecule has 140 valence electrons. The molecule has 2 fully saturated rings. The summed E-state index contributed by atoms with van der Waals surface area (Å²) in [6.45, 7) is 3.99. The Morgan fingerprint density at radius 3 is 2.78 bits per heavy atom. The lowest BCUT2D eigenvalue weighted by atomic mass is 10.2. The number of furan rings is 1. The second-order valence-corrected chi connectivity index (χ2v) is 9.21. The van der Waals surface area contributed by atoms with Gasteiger partial charge in [-0.3, -0.25) is 4.79 Å². The highest BCUT2D eigenvalue weighted by atomic mass is 79.9. The van der Waals surface area contributed by atoms with Crippen LogP contribution in [0.25, 0.3) is 6.08 Å². The number of thioether (sulfide) groups is 1. The van der Waals surface area contributed by atoms with Crippen molar-refractivity contribution in [3.05, 3.63) is 49.4 Å². The number of hydrogen-bond donors (Lipinski definition) is 1. The molecule has 8 heteroatoms. The number of amidine groups is 1. The van der Waals surface area contributed by atoms with Crippen molar-refractivity contribution in [1.29, 1.82) is 0 Å². The minimum atomic E-state index is -0.163. The van der Waals surface area contributed by atoms with Crippen LogP contribution in [0.1, 0.15) is 24.2 Å². The normalized spacial score (nSPS) is 20.1. The largest absolute Gasteiger partial charge is 0.440 e. The summed E-state index contributed by atoms with van der Waals surface area (Å²) >= 11 is 8.33. The Bertz CT molecular complexity index is 962. The second kappa shape index (κ2) is 7.85. The fourth-order valence-corrected chi connectivity index (χ4v) is 4.89. The monoisotopic (exact) mass is 509 g/mol. The second-order valence-electron chi connectivity index (χ2n) is 6.41. The molecule has 1 aromatic carbocycles. The minimum Gasteiger partial charge on any atom is -0.440 e. The van der Waals surface area contributed by atoms with Gasteiger partial charge in [0.1, 0.15) is 5.76 Å². The van der Waals surface area contributed by atoms with Crippen molar-refractivity contribution < 1.29 is 9.21 Å². The highest BCUT2D eigenvalue weighted by molar-refractivity contribution is 9.10. The molecule has 2 aliphatic rings. The number of aryl methyl sites for hydroxylation is 1. The summed E-state index contributed by atoms with van der Waals surface area (Å²) < 4.78 is 7.88. The van der Waals surface area contributed by atoms with Crippen LogP contribution in [0.15, 0.2) is 47.5 Å². The number of aliphatic imine (C=N–C) groups is 1. The molecule has 1 amide bonds. The van der Waals surface area contributed by atoms with E-state index in [0.29, 0.717) is 15.8 Å². The minimum absolute atomic E-state index is 0.163. The third kappa shape index (κ3) is 4.17. The van der Waals surface area contributed by atoms with Crippen LogP contribution in [0.2, 0.25) is 0 Å². The van der Waals surface area contributed by atoms with Gasteiger partial charge in [-0.25, -0.2) is 4.99 Å². The molecule has 1 aromatic heterocycles. The summed E-state index contributed by atoms with van der Waals surface area (Å²) in [4.78, 5) is 19.7. The number of anilines is 1. The molecule has 1 N–H and O–H groups in total. The Morgan fingerprint density at radius 1 is 1.26 bits per heavy atom. The highest BCUT2D eigenvalue weighted by Crippen LogP contribution is 2.35. The van der Waals surface area contributed by atoms with Crippen LogP contribution in [-0.4, -0.2) is 24.2 Å². The van der Waals surface area contributed by atoms with E-state index in [4.69, 9.17) is 4.42 Å². The van der Waals surface area contributed by atoms with Crippen LogP contribution in [0.4, 0.5) is 11.6 Å². The average Bonchev–Trinajstić information content (AvgIpc) is 3.32. The Balaban J connectivity index is 1.55. The number of halogens is 2. The van der Waals surface area contributed by atoms with Gasteiger partial charge in [0.2, 0.25) is 5.88 Å². The molecule has 2 aliphatic heterocycles. The number of amides is 1. The van der Waals surface area contributed by atoms with Crippen molar-refractivity contribution in [2.24, 2.45) is 4.99 Å². The SMILES string of the molecule is Cc1cc(Br)ccc1N=C1NC(=O)/C(=C/c2cc(Br)c(N3CCCC3)o2)S1. The van der Waals surface area contributed by atoms with Gasteiger partial charge in [0.05, 0.1) is 15.1 Å². The van der Waals surface area contributed by atoms with Crippen LogP contribution >= 0.6 is 43.6 Å². The fraction of sp³-hybridized carbons (Fsp3) is 0.263. The van der Waals surface area contributed by atoms with Crippen LogP contribution in [0, 0.1) is 6.92 Å². The summed E-state index contributed by atoms with van der Waals surface area (Å²) in [5, 5.41) is 3.39. The molecule has 0 saturated carbocycles. The molecule has 3 heterocycles. The van der Waals surface area contributed by atoms with E-state index in [1.165, 1.54) is 24.6 Å². The lowest BCUT2D eigenvalue weighted by molar-refractivity contribution is -0.115. The van der Waals surface area contributed by atoms with Gasteiger partial charge in [-0.1, -0.05) is 15.9 Å². The van der Waals surface area contributed by atoms with Crippen LogP contribution in [-0.2, 0) is 4.79 Å². The molecular formula is C19H17Br2N3O2S. The zero-order valence-corrected chi connectivity index (χ0v) is 18.6. The molecule has 5 nitrogen and oxygen atoms in total. The number of carbonyl (C=O) groups is 1. The maximum absolute atomic E-state index is 12.3. The van der Waals surface area contributed by atoms with Crippen LogP contribution in [0.5, 0.6) is 0 Å². The molecule has 2 saturated heterocycles. The third-order valence-corrected chi connectivity index (χ3v) is 6.36. The van der Waals surface area contributed by atoms with Crippen LogP contribution < -0.4 is 10.2 Å². The maximum atomic E-state index is 12.3. The Morgan fingerprint density at radius 2 is 2.04 bits per heavy atom. The van der Waals surface area contributed by atoms with E-state index in [1.54, 1.807) is 6.08 Å². The van der Waals surface area contributed by atoms with E-state index < -0.39 is 0 Å². The quantitative estimate of drug-likeness (QED) is 0.545. The zero-order valence-electron chi connectivity index (χ0n) is 14.6. The van der Waals surface area contributed by atoms with E-state index in [9.17, 15) is 4.79 Å². The number of nitrogens with one attached hydrogen (secondary N) is 1. The third-order valence-electron chi connectivity index (χ3n) is 4.39. The van der Waals surface area contributed by atoms with Crippen molar-refractivity contribution in [2.75, 3.05) is 18.0 Å². The average molecular weight is 511 g/mol. The molecule has 0 bridgehead atoms. The van der Waals surface area contributed by atoms with E-state index in [-0.39, 0.29) is 5.91 Å². The molecular weight excluding hydrogens is 494 g/mol. The van der Waals surface area contributed by atoms with Crippen molar-refractivity contribution >= 4 is 72.3 Å². The van der Waals surface area contributed by atoms with Gasteiger partial charge < -0.3 is 14.6 Å². The molecule has 0 atom stereocenters. The number of nitrogens with zero attached hydrogens (tertiary/aromatic N) is 2. The van der Waals surface area contributed by atoms with Gasteiger partial charge in [0.15, 0.2) is 5.17 Å². The van der Waals surface area contributed by atoms with E-state index >= 15 is 0 Å². The van der Waals surface area contributed by atoms with Crippen molar-refractivity contribution in [3.8, 4) is 0 Å². The van der Waals surface area contributed by atoms with Gasteiger partial charge in [-0.05, 0) is 71.2 Å². The summed E-state index contributed by atoms with van der Waals surface area (Å²) in [7, 11) is 0. The first-order valence-corrected chi connectivity index (χ1v) is 11.0. The maximum Gasteiger partial charge on any atom is 0.264 e. The van der Waals surface area contributed by atoms with E-state index in [1.807, 2.05) is 31.2 Å². The summed E-state index contributed by atoms with van der Waals surface area (Å²) in [5.74, 6) is 1.33. The first-order valence-electron chi connectivity index (χ1n) is 8.59. The van der Waals surface area contributed by atoms with Gasteiger partial charge in [0.25, 0.3) is 5.91 Å². The zero-order chi connectivity index (χ0) is 19.0. The lowest BCUT2D eigenvalue weighted by Gasteiger charge is -2.13. The first-order chi connectivity index (χ1) is 13.0. The molecule has 0 radical (unpaired) electrons. The molecule has 0 unspecified atom stereocenters. The molecule has 2 aromatic rings. The van der Waals surface area contributed by atoms with Crippen molar-refractivity contribution in [2.45, 2.75) is 19.8 Å². The first kappa shape index (κ1) is 18.8. The predicted octanol–water partition coefficient (Wildman–Crippen LogP) is 5.60. The molecule has 0 aliphatic carbocycles. The standard InChI is InChI=1S/C19H17Br2N3O2S/c1-11-8-12(20)4-5-15(11)22-19-23-17(25)16(27-19)10-13-9-14(21)18(26-13)24-6-2-3-7-24/h4-5,8-10H,2-3,6-7H2,1H3,(H,22,23,25)/b16-10-. The van der Waals surface area contributed by atoms with Gasteiger partial charge >= 0.3 is 0 Å². The van der Waals surface area contributed by atoms with Gasteiger partial charge in [0, 0.05) is 29.7 Å². The van der Waals surface area contributed by atoms with Crippen LogP contribution in [0.3, 0.4) is 0 Å². The molecule has 27 heavy (non-hydrogen) atoms.